The summed E-state index contributed by atoms with van der Waals surface area (Å²) in [6.45, 7) is 4.72. The van der Waals surface area contributed by atoms with Crippen LogP contribution < -0.4 is 4.74 Å². The maximum absolute atomic E-state index is 6.59. The van der Waals surface area contributed by atoms with Crippen molar-refractivity contribution in [3.05, 3.63) is 228 Å². The topological polar surface area (TPSA) is 30.5 Å². The van der Waals surface area contributed by atoms with Gasteiger partial charge < -0.3 is 18.6 Å². The number of hydrogen-bond acceptors (Lipinski definition) is 4. The summed E-state index contributed by atoms with van der Waals surface area (Å²) in [6.07, 6.45) is 36.7. The van der Waals surface area contributed by atoms with Crippen molar-refractivity contribution in [2.24, 2.45) is 5.92 Å². The number of allylic oxidation sites excluding steroid dienone is 10. The molecule has 66 heavy (non-hydrogen) atoms. The summed E-state index contributed by atoms with van der Waals surface area (Å²) in [5.74, 6) is 2.41. The molecule has 5 aromatic carbocycles. The molecule has 0 N–H and O–H groups in total. The molecule has 2 aromatic heterocycles. The lowest BCUT2D eigenvalue weighted by atomic mass is 9.86. The van der Waals surface area contributed by atoms with Crippen LogP contribution in [-0.2, 0) is 6.42 Å². The van der Waals surface area contributed by atoms with E-state index < -0.39 is 0 Å². The zero-order chi connectivity index (χ0) is 43.5. The summed E-state index contributed by atoms with van der Waals surface area (Å²) in [6, 6.07) is 36.0. The molecule has 3 aliphatic heterocycles. The lowest BCUT2D eigenvalue weighted by molar-refractivity contribution is 0.264. The van der Waals surface area contributed by atoms with Gasteiger partial charge in [-0.15, -0.1) is 11.8 Å². The smallest absolute Gasteiger partial charge is 0.135 e. The van der Waals surface area contributed by atoms with E-state index in [2.05, 4.69) is 192 Å². The van der Waals surface area contributed by atoms with E-state index in [1.165, 1.54) is 55.1 Å². The lowest BCUT2D eigenvalue weighted by Crippen LogP contribution is -2.33. The molecule has 14 rings (SSSR count). The fourth-order valence-electron chi connectivity index (χ4n) is 11.7. The average molecular weight is 871 g/mol. The van der Waals surface area contributed by atoms with Crippen LogP contribution in [0.1, 0.15) is 53.1 Å². The van der Waals surface area contributed by atoms with Gasteiger partial charge in [0, 0.05) is 67.0 Å². The molecular formula is C61H46N2O2S. The van der Waals surface area contributed by atoms with Gasteiger partial charge in [0.25, 0.3) is 0 Å². The Balaban J connectivity index is 0.792. The molecule has 0 amide bonds. The van der Waals surface area contributed by atoms with Gasteiger partial charge in [-0.05, 0) is 167 Å². The molecule has 0 spiro atoms. The number of thioether (sulfide) groups is 1. The van der Waals surface area contributed by atoms with Gasteiger partial charge in [-0.1, -0.05) is 91.6 Å². The summed E-state index contributed by atoms with van der Waals surface area (Å²) in [7, 11) is 0. The Morgan fingerprint density at radius 3 is 2.48 bits per heavy atom. The van der Waals surface area contributed by atoms with E-state index in [0.717, 1.165) is 87.1 Å². The van der Waals surface area contributed by atoms with Crippen LogP contribution in [0.2, 0.25) is 0 Å². The fraction of sp³-hybridized carbons (Fsp3) is 0.148. The fourth-order valence-corrected chi connectivity index (χ4v) is 12.6. The van der Waals surface area contributed by atoms with Gasteiger partial charge >= 0.3 is 0 Å². The maximum atomic E-state index is 6.59. The van der Waals surface area contributed by atoms with E-state index in [9.17, 15) is 0 Å². The zero-order valence-electron chi connectivity index (χ0n) is 36.5. The predicted octanol–water partition coefficient (Wildman–Crippen LogP) is 15.2. The second kappa shape index (κ2) is 14.9. The maximum Gasteiger partial charge on any atom is 0.135 e. The van der Waals surface area contributed by atoms with Gasteiger partial charge in [-0.3, -0.25) is 0 Å². The Morgan fingerprint density at radius 1 is 0.682 bits per heavy atom. The molecule has 0 saturated heterocycles. The van der Waals surface area contributed by atoms with E-state index >= 15 is 0 Å². The molecule has 7 aromatic rings. The number of aryl methyl sites for hydroxylation is 1. The van der Waals surface area contributed by atoms with Crippen LogP contribution in [0.4, 0.5) is 0 Å². The number of benzene rings is 5. The summed E-state index contributed by atoms with van der Waals surface area (Å²) in [4.78, 5) is 3.81. The third-order valence-electron chi connectivity index (χ3n) is 14.8. The van der Waals surface area contributed by atoms with Crippen LogP contribution in [0.25, 0.3) is 66.9 Å². The van der Waals surface area contributed by atoms with Gasteiger partial charge in [0.2, 0.25) is 0 Å². The van der Waals surface area contributed by atoms with E-state index in [0.29, 0.717) is 12.0 Å². The molecule has 0 bridgehead atoms. The van der Waals surface area contributed by atoms with Crippen molar-refractivity contribution < 1.29 is 9.15 Å². The third kappa shape index (κ3) is 5.92. The highest BCUT2D eigenvalue weighted by Gasteiger charge is 2.42. The quantitative estimate of drug-likeness (QED) is 0.176. The Bertz CT molecular complexity index is 3570. The van der Waals surface area contributed by atoms with Gasteiger partial charge in [-0.25, -0.2) is 0 Å². The van der Waals surface area contributed by atoms with Crippen molar-refractivity contribution in [2.75, 3.05) is 5.75 Å². The molecule has 0 radical (unpaired) electrons. The first-order chi connectivity index (χ1) is 32.6. The number of nitrogens with zero attached hydrogens (tertiary/aromatic N) is 2. The van der Waals surface area contributed by atoms with Gasteiger partial charge in [0.15, 0.2) is 0 Å². The standard InChI is InChI=1S/C61H46N2O2S/c1-37-31-38(39-20-25-57-49(33-39)51-35-42(23-27-59(51)64-57)62-53-16-6-2-12-44(53)45-13-3-7-17-54(45)62)11-10-30-66-61-29-22-41(32-48(37)61)40-21-26-58-50(34-40)52-36-43(24-28-60(52)65-58)63-55-18-8-4-14-46(55)47-15-5-9-19-56(47)63/h2,4,6-12,14,16-29,31-36,46,52,55,60H,1,3,5,13,15,30H2/b11-10-,38-31?. The van der Waals surface area contributed by atoms with Crippen LogP contribution >= 0.6 is 11.8 Å². The van der Waals surface area contributed by atoms with Crippen molar-refractivity contribution >= 4 is 61.8 Å². The number of furan rings is 1. The Morgan fingerprint density at radius 2 is 1.52 bits per heavy atom. The minimum atomic E-state index is -0.00922. The molecule has 4 aliphatic carbocycles. The molecule has 4 atom stereocenters. The number of hydrogen-bond donors (Lipinski definition) is 0. The van der Waals surface area contributed by atoms with Gasteiger partial charge in [-0.2, -0.15) is 0 Å². The molecule has 0 saturated carbocycles. The summed E-state index contributed by atoms with van der Waals surface area (Å²) in [5.41, 5.74) is 19.1. The van der Waals surface area contributed by atoms with E-state index in [1.54, 1.807) is 5.57 Å². The van der Waals surface area contributed by atoms with Crippen molar-refractivity contribution in [3.8, 4) is 22.6 Å². The number of rotatable bonds is 4. The first kappa shape index (κ1) is 38.1. The molecular weight excluding hydrogens is 825 g/mol. The molecule has 4 unspecified atom stereocenters. The Kier molecular flexibility index (Phi) is 8.61. The highest BCUT2D eigenvalue weighted by Crippen LogP contribution is 2.49. The van der Waals surface area contributed by atoms with Crippen LogP contribution in [0.5, 0.6) is 5.75 Å². The summed E-state index contributed by atoms with van der Waals surface area (Å²) >= 11 is 1.86. The predicted molar refractivity (Wildman–Crippen MR) is 274 cm³/mol. The van der Waals surface area contributed by atoms with Crippen molar-refractivity contribution in [1.29, 1.82) is 0 Å². The summed E-state index contributed by atoms with van der Waals surface area (Å²) in [5, 5.41) is 3.57. The molecule has 7 aliphatic rings. The van der Waals surface area contributed by atoms with Crippen LogP contribution in [0.15, 0.2) is 209 Å². The van der Waals surface area contributed by atoms with Crippen LogP contribution in [0.3, 0.4) is 0 Å². The first-order valence-corrected chi connectivity index (χ1v) is 24.4. The second-order valence-electron chi connectivity index (χ2n) is 18.5. The molecule has 0 fully saturated rings. The molecule has 5 heteroatoms. The number of ether oxygens (including phenoxy) is 1. The number of para-hydroxylation sites is 1. The number of fused-ring (bicyclic) bond motifs is 12. The van der Waals surface area contributed by atoms with E-state index in [1.807, 2.05) is 11.8 Å². The van der Waals surface area contributed by atoms with Crippen molar-refractivity contribution in [1.82, 2.24) is 9.47 Å². The van der Waals surface area contributed by atoms with Crippen molar-refractivity contribution in [3.63, 3.8) is 0 Å². The highest BCUT2D eigenvalue weighted by atomic mass is 32.2. The van der Waals surface area contributed by atoms with Gasteiger partial charge in [0.1, 0.15) is 23.0 Å². The van der Waals surface area contributed by atoms with Crippen LogP contribution in [0, 0.1) is 5.92 Å². The second-order valence-corrected chi connectivity index (χ2v) is 19.6. The molecule has 4 nitrogen and oxygen atoms in total. The Hall–Kier alpha value is -7.21. The normalized spacial score (nSPS) is 22.8. The molecule has 5 heterocycles. The average Bonchev–Trinajstić information content (AvgIpc) is 4.12. The number of aromatic nitrogens is 1. The van der Waals surface area contributed by atoms with Crippen LogP contribution in [-0.4, -0.2) is 27.4 Å². The van der Waals surface area contributed by atoms with E-state index in [-0.39, 0.29) is 12.0 Å². The zero-order valence-corrected chi connectivity index (χ0v) is 37.3. The lowest BCUT2D eigenvalue weighted by Gasteiger charge is -2.33. The van der Waals surface area contributed by atoms with E-state index in [4.69, 9.17) is 15.7 Å². The van der Waals surface area contributed by atoms with Crippen molar-refractivity contribution in [2.45, 2.75) is 48.6 Å². The SMILES string of the molecule is C=C1C=C(c2ccc3oc4ccc(-n5c6c(c7ccccc75)CCC=C6)cc4c3c2)/C=C\CSc2ccc(-c3ccc4c(c3)C3C=C(N5C6=C(CCC=C6)C6C=CC=CC65)C=CC3O4)cc21. The summed E-state index contributed by atoms with van der Waals surface area (Å²) < 4.78 is 15.5. The highest BCUT2D eigenvalue weighted by molar-refractivity contribution is 7.99. The van der Waals surface area contributed by atoms with Gasteiger partial charge in [0.05, 0.1) is 11.6 Å². The third-order valence-corrected chi connectivity index (χ3v) is 15.9. The largest absolute Gasteiger partial charge is 0.485 e. The minimum absolute atomic E-state index is 0.00922. The molecule has 318 valence electrons. The first-order valence-electron chi connectivity index (χ1n) is 23.5. The monoisotopic (exact) mass is 870 g/mol. The Labute approximate surface area is 389 Å². The minimum Gasteiger partial charge on any atom is -0.485 e.